The Bertz CT molecular complexity index is 1230. The highest BCUT2D eigenvalue weighted by atomic mass is 16.6. The second-order valence-corrected chi connectivity index (χ2v) is 17.4. The molecule has 0 saturated heterocycles. The lowest BCUT2D eigenvalue weighted by molar-refractivity contribution is -0.163. The first-order valence-electron chi connectivity index (χ1n) is 26.8. The SMILES string of the molecule is CC/C=C\C/C=C\C/C=C\CCCCCCCCOCC(COC(=O)CCCCCCCCCCC/C=C\C/C=C\CCCCC)OC(=O)CCCCC/C=C\C/C=C\C/C=C\CC. The van der Waals surface area contributed by atoms with Crippen LogP contribution in [0.1, 0.15) is 239 Å². The molecule has 0 saturated carbocycles. The van der Waals surface area contributed by atoms with Crippen LogP contribution in [0, 0.1) is 0 Å². The molecule has 0 aliphatic rings. The Hall–Kier alpha value is -3.18. The van der Waals surface area contributed by atoms with E-state index in [2.05, 4.69) is 118 Å². The summed E-state index contributed by atoms with van der Waals surface area (Å²) in [7, 11) is 0. The number of ether oxygens (including phenoxy) is 3. The van der Waals surface area contributed by atoms with Crippen molar-refractivity contribution in [3.8, 4) is 0 Å². The van der Waals surface area contributed by atoms with Gasteiger partial charge in [-0.3, -0.25) is 9.59 Å². The van der Waals surface area contributed by atoms with Crippen LogP contribution in [0.3, 0.4) is 0 Å². The normalized spacial score (nSPS) is 13.0. The molecule has 0 aliphatic heterocycles. The van der Waals surface area contributed by atoms with Gasteiger partial charge in [-0.15, -0.1) is 0 Å². The molecule has 5 nitrogen and oxygen atoms in total. The number of rotatable bonds is 48. The molecule has 1 atom stereocenters. The molecule has 1 unspecified atom stereocenters. The molecule has 0 aromatic carbocycles. The van der Waals surface area contributed by atoms with Gasteiger partial charge in [-0.1, -0.05) is 208 Å². The van der Waals surface area contributed by atoms with Crippen LogP contribution in [-0.4, -0.2) is 37.9 Å². The summed E-state index contributed by atoms with van der Waals surface area (Å²) in [5, 5.41) is 0. The minimum Gasteiger partial charge on any atom is -0.462 e. The van der Waals surface area contributed by atoms with Crippen molar-refractivity contribution >= 4 is 11.9 Å². The average Bonchev–Trinajstić information content (AvgIpc) is 3.30. The Morgan fingerprint density at radius 3 is 1.14 bits per heavy atom. The second-order valence-electron chi connectivity index (χ2n) is 17.4. The molecule has 366 valence electrons. The van der Waals surface area contributed by atoms with Crippen LogP contribution in [0.4, 0.5) is 0 Å². The van der Waals surface area contributed by atoms with Gasteiger partial charge in [0.25, 0.3) is 0 Å². The monoisotopic (exact) mass is 889 g/mol. The van der Waals surface area contributed by atoms with Crippen molar-refractivity contribution in [1.29, 1.82) is 0 Å². The van der Waals surface area contributed by atoms with Gasteiger partial charge >= 0.3 is 11.9 Å². The largest absolute Gasteiger partial charge is 0.462 e. The molecular weight excluding hydrogens is 789 g/mol. The minimum absolute atomic E-state index is 0.0612. The number of esters is 2. The molecule has 0 aromatic rings. The van der Waals surface area contributed by atoms with Gasteiger partial charge in [-0.2, -0.15) is 0 Å². The van der Waals surface area contributed by atoms with Crippen LogP contribution in [0.5, 0.6) is 0 Å². The minimum atomic E-state index is -0.565. The Labute approximate surface area is 396 Å². The van der Waals surface area contributed by atoms with Gasteiger partial charge in [0, 0.05) is 19.4 Å². The lowest BCUT2D eigenvalue weighted by atomic mass is 10.1. The maximum Gasteiger partial charge on any atom is 0.306 e. The fourth-order valence-corrected chi connectivity index (χ4v) is 7.16. The number of carbonyl (C=O) groups is 2. The summed E-state index contributed by atoms with van der Waals surface area (Å²) >= 11 is 0. The third-order valence-corrected chi connectivity index (χ3v) is 11.1. The molecule has 0 amide bonds. The summed E-state index contributed by atoms with van der Waals surface area (Å²) in [4.78, 5) is 25.4. The fourth-order valence-electron chi connectivity index (χ4n) is 7.16. The summed E-state index contributed by atoms with van der Waals surface area (Å²) in [6.45, 7) is 7.52. The second kappa shape index (κ2) is 54.2. The van der Waals surface area contributed by atoms with Gasteiger partial charge in [-0.05, 0) is 116 Å². The van der Waals surface area contributed by atoms with Gasteiger partial charge in [-0.25, -0.2) is 0 Å². The summed E-state index contributed by atoms with van der Waals surface area (Å²) in [5.74, 6) is -0.445. The van der Waals surface area contributed by atoms with Crippen LogP contribution in [0.15, 0.2) is 97.2 Å². The molecule has 0 spiro atoms. The number of unbranched alkanes of at least 4 members (excludes halogenated alkanes) is 21. The van der Waals surface area contributed by atoms with E-state index in [-0.39, 0.29) is 25.2 Å². The highest BCUT2D eigenvalue weighted by molar-refractivity contribution is 5.70. The summed E-state index contributed by atoms with van der Waals surface area (Å²) in [6.07, 6.45) is 72.8. The van der Waals surface area contributed by atoms with E-state index in [1.54, 1.807) is 0 Å². The first-order chi connectivity index (χ1) is 31.6. The zero-order valence-electron chi connectivity index (χ0n) is 42.0. The van der Waals surface area contributed by atoms with Crippen LogP contribution >= 0.6 is 0 Å². The Balaban J connectivity index is 4.31. The molecular formula is C59H100O5. The number of allylic oxidation sites excluding steroid dienone is 16. The van der Waals surface area contributed by atoms with Crippen molar-refractivity contribution in [3.63, 3.8) is 0 Å². The molecule has 0 aliphatic carbocycles. The topological polar surface area (TPSA) is 61.8 Å². The number of hydrogen-bond donors (Lipinski definition) is 0. The highest BCUT2D eigenvalue weighted by Crippen LogP contribution is 2.14. The predicted octanol–water partition coefficient (Wildman–Crippen LogP) is 18.2. The zero-order chi connectivity index (χ0) is 46.3. The lowest BCUT2D eigenvalue weighted by Crippen LogP contribution is -2.30. The Morgan fingerprint density at radius 1 is 0.359 bits per heavy atom. The number of carbonyl (C=O) groups excluding carboxylic acids is 2. The Kier molecular flexibility index (Phi) is 51.5. The third-order valence-electron chi connectivity index (χ3n) is 11.1. The smallest absolute Gasteiger partial charge is 0.306 e. The van der Waals surface area contributed by atoms with E-state index in [1.807, 2.05) is 0 Å². The van der Waals surface area contributed by atoms with E-state index in [9.17, 15) is 9.59 Å². The van der Waals surface area contributed by atoms with Crippen molar-refractivity contribution in [2.24, 2.45) is 0 Å². The standard InChI is InChI=1S/C59H100O5/c1-4-7-10-13-16-19-22-25-27-29-30-31-32-35-37-40-43-46-49-52-58(60)63-56-57(64-59(61)53-50-47-44-41-38-34-24-21-18-15-12-9-6-3)55-62-54-51-48-45-42-39-36-33-28-26-23-20-17-14-11-8-5-2/h8-9,11-12,16-21,25-28,34,38,57H,4-7,10,13-15,22-24,29-33,35-37,39-56H2,1-3H3/b11-8-,12-9-,19-16-,20-17-,21-18-,27-25-,28-26-,38-34-. The molecule has 0 radical (unpaired) electrons. The van der Waals surface area contributed by atoms with E-state index in [0.29, 0.717) is 19.4 Å². The predicted molar refractivity (Wildman–Crippen MR) is 279 cm³/mol. The van der Waals surface area contributed by atoms with E-state index >= 15 is 0 Å². The first kappa shape index (κ1) is 60.8. The summed E-state index contributed by atoms with van der Waals surface area (Å²) in [5.41, 5.74) is 0. The molecule has 64 heavy (non-hydrogen) atoms. The molecule has 0 heterocycles. The van der Waals surface area contributed by atoms with Crippen LogP contribution < -0.4 is 0 Å². The van der Waals surface area contributed by atoms with Crippen molar-refractivity contribution < 1.29 is 23.8 Å². The van der Waals surface area contributed by atoms with Crippen LogP contribution in [0.25, 0.3) is 0 Å². The van der Waals surface area contributed by atoms with Gasteiger partial charge in [0.1, 0.15) is 6.61 Å². The van der Waals surface area contributed by atoms with Gasteiger partial charge in [0.05, 0.1) is 6.61 Å². The van der Waals surface area contributed by atoms with Crippen molar-refractivity contribution in [2.45, 2.75) is 245 Å². The molecule has 0 rings (SSSR count). The quantitative estimate of drug-likeness (QED) is 0.0346. The van der Waals surface area contributed by atoms with Crippen LogP contribution in [0.2, 0.25) is 0 Å². The van der Waals surface area contributed by atoms with Crippen molar-refractivity contribution in [1.82, 2.24) is 0 Å². The van der Waals surface area contributed by atoms with E-state index in [4.69, 9.17) is 14.2 Å². The van der Waals surface area contributed by atoms with E-state index < -0.39 is 6.10 Å². The highest BCUT2D eigenvalue weighted by Gasteiger charge is 2.17. The maximum atomic E-state index is 12.8. The summed E-state index contributed by atoms with van der Waals surface area (Å²) < 4.78 is 17.4. The lowest BCUT2D eigenvalue weighted by Gasteiger charge is -2.18. The summed E-state index contributed by atoms with van der Waals surface area (Å²) in [6, 6.07) is 0. The van der Waals surface area contributed by atoms with Crippen molar-refractivity contribution in [2.75, 3.05) is 19.8 Å². The van der Waals surface area contributed by atoms with Gasteiger partial charge in [0.15, 0.2) is 6.10 Å². The molecule has 0 bridgehead atoms. The molecule has 0 fully saturated rings. The van der Waals surface area contributed by atoms with Gasteiger partial charge < -0.3 is 14.2 Å². The van der Waals surface area contributed by atoms with E-state index in [1.165, 1.54) is 96.3 Å². The maximum absolute atomic E-state index is 12.8. The number of hydrogen-bond acceptors (Lipinski definition) is 5. The van der Waals surface area contributed by atoms with E-state index in [0.717, 1.165) is 109 Å². The molecule has 0 N–H and O–H groups in total. The Morgan fingerprint density at radius 2 is 0.703 bits per heavy atom. The van der Waals surface area contributed by atoms with Crippen LogP contribution in [-0.2, 0) is 23.8 Å². The average molecular weight is 889 g/mol. The molecule has 5 heteroatoms. The third kappa shape index (κ3) is 51.5. The fraction of sp³-hybridized carbons (Fsp3) is 0.695. The first-order valence-corrected chi connectivity index (χ1v) is 26.8. The zero-order valence-corrected chi connectivity index (χ0v) is 42.0. The molecule has 0 aromatic heterocycles. The van der Waals surface area contributed by atoms with Gasteiger partial charge in [0.2, 0.25) is 0 Å². The van der Waals surface area contributed by atoms with Crippen molar-refractivity contribution in [3.05, 3.63) is 97.2 Å².